The molecule has 5 heteroatoms. The molecule has 110 valence electrons. The molecule has 1 saturated carbocycles. The van der Waals surface area contributed by atoms with Crippen molar-refractivity contribution in [3.8, 4) is 0 Å². The highest BCUT2D eigenvalue weighted by atomic mass is 19.1. The van der Waals surface area contributed by atoms with Gasteiger partial charge in [0.05, 0.1) is 6.20 Å². The first-order chi connectivity index (χ1) is 9.49. The molecule has 2 N–H and O–H groups in total. The number of carbonyl (C=O) groups is 1. The molecule has 1 fully saturated rings. The molecule has 0 spiro atoms. The molecule has 4 nitrogen and oxygen atoms in total. The van der Waals surface area contributed by atoms with Gasteiger partial charge in [0.1, 0.15) is 17.2 Å². The minimum atomic E-state index is -1.16. The Balaban J connectivity index is 2.22. The molecule has 0 bridgehead atoms. The van der Waals surface area contributed by atoms with Crippen molar-refractivity contribution < 1.29 is 14.3 Å². The summed E-state index contributed by atoms with van der Waals surface area (Å²) < 4.78 is 13.1. The van der Waals surface area contributed by atoms with Crippen LogP contribution in [0.25, 0.3) is 0 Å². The summed E-state index contributed by atoms with van der Waals surface area (Å²) in [7, 11) is 0. The molecule has 0 saturated heterocycles. The lowest BCUT2D eigenvalue weighted by Crippen LogP contribution is -2.36. The Hall–Kier alpha value is -1.65. The van der Waals surface area contributed by atoms with Crippen molar-refractivity contribution in [2.45, 2.75) is 45.6 Å². The number of aromatic carboxylic acids is 1. The van der Waals surface area contributed by atoms with Gasteiger partial charge in [-0.3, -0.25) is 0 Å². The molecule has 1 heterocycles. The molecule has 1 aliphatic rings. The monoisotopic (exact) mass is 280 g/mol. The molecule has 1 aromatic heterocycles. The Morgan fingerprint density at radius 2 is 2.15 bits per heavy atom. The highest BCUT2D eigenvalue weighted by Gasteiger charge is 2.28. The van der Waals surface area contributed by atoms with Gasteiger partial charge in [-0.05, 0) is 30.7 Å². The average molecular weight is 280 g/mol. The van der Waals surface area contributed by atoms with Gasteiger partial charge in [-0.25, -0.2) is 14.2 Å². The van der Waals surface area contributed by atoms with E-state index in [4.69, 9.17) is 5.11 Å². The van der Waals surface area contributed by atoms with E-state index in [1.165, 1.54) is 6.42 Å². The van der Waals surface area contributed by atoms with E-state index in [9.17, 15) is 9.18 Å². The van der Waals surface area contributed by atoms with E-state index in [0.717, 1.165) is 31.5 Å². The number of carboxylic acid groups (broad SMARTS) is 1. The maximum absolute atomic E-state index is 13.1. The molecule has 0 radical (unpaired) electrons. The SMILES string of the molecule is CC(C)C1CCCCC1Nc1ncc(F)cc1C(=O)O. The molecule has 0 amide bonds. The van der Waals surface area contributed by atoms with Crippen molar-refractivity contribution in [2.24, 2.45) is 11.8 Å². The number of pyridine rings is 1. The normalized spacial score (nSPS) is 22.8. The summed E-state index contributed by atoms with van der Waals surface area (Å²) in [6.07, 6.45) is 5.54. The van der Waals surface area contributed by atoms with Crippen LogP contribution >= 0.6 is 0 Å². The number of nitrogens with one attached hydrogen (secondary N) is 1. The number of halogens is 1. The first-order valence-corrected chi connectivity index (χ1v) is 7.14. The maximum Gasteiger partial charge on any atom is 0.339 e. The van der Waals surface area contributed by atoms with Crippen molar-refractivity contribution in [1.29, 1.82) is 0 Å². The molecule has 20 heavy (non-hydrogen) atoms. The second kappa shape index (κ2) is 6.20. The number of nitrogens with zero attached hydrogens (tertiary/aromatic N) is 1. The number of hydrogen-bond acceptors (Lipinski definition) is 3. The van der Waals surface area contributed by atoms with Crippen molar-refractivity contribution in [1.82, 2.24) is 4.98 Å². The quantitative estimate of drug-likeness (QED) is 0.885. The van der Waals surface area contributed by atoms with E-state index < -0.39 is 11.8 Å². The number of rotatable bonds is 4. The Morgan fingerprint density at radius 1 is 1.45 bits per heavy atom. The molecule has 0 aromatic carbocycles. The predicted molar refractivity (Wildman–Crippen MR) is 75.4 cm³/mol. The van der Waals surface area contributed by atoms with Gasteiger partial charge in [0.15, 0.2) is 0 Å². The van der Waals surface area contributed by atoms with Crippen molar-refractivity contribution >= 4 is 11.8 Å². The molecule has 1 aromatic rings. The molecule has 2 atom stereocenters. The highest BCUT2D eigenvalue weighted by Crippen LogP contribution is 2.32. The standard InChI is InChI=1S/C15H21FN2O2/c1-9(2)11-5-3-4-6-13(11)18-14-12(15(19)20)7-10(16)8-17-14/h7-9,11,13H,3-6H2,1-2H3,(H,17,18)(H,19,20). The van der Waals surface area contributed by atoms with Crippen LogP contribution in [0.2, 0.25) is 0 Å². The molecule has 1 aliphatic carbocycles. The van der Waals surface area contributed by atoms with Gasteiger partial charge in [0.2, 0.25) is 0 Å². The third-order valence-corrected chi connectivity index (χ3v) is 4.08. The van der Waals surface area contributed by atoms with Crippen LogP contribution in [-0.4, -0.2) is 22.1 Å². The van der Waals surface area contributed by atoms with Gasteiger partial charge < -0.3 is 10.4 Å². The summed E-state index contributed by atoms with van der Waals surface area (Å²) in [5.41, 5.74) is -0.0990. The van der Waals surface area contributed by atoms with Gasteiger partial charge in [0, 0.05) is 6.04 Å². The fourth-order valence-corrected chi connectivity index (χ4v) is 3.03. The lowest BCUT2D eigenvalue weighted by Gasteiger charge is -2.35. The van der Waals surface area contributed by atoms with Gasteiger partial charge in [-0.1, -0.05) is 26.7 Å². The van der Waals surface area contributed by atoms with E-state index in [2.05, 4.69) is 24.1 Å². The third-order valence-electron chi connectivity index (χ3n) is 4.08. The zero-order chi connectivity index (χ0) is 14.7. The zero-order valence-electron chi connectivity index (χ0n) is 11.9. The maximum atomic E-state index is 13.1. The molecule has 0 aliphatic heterocycles. The Morgan fingerprint density at radius 3 is 2.80 bits per heavy atom. The largest absolute Gasteiger partial charge is 0.478 e. The van der Waals surface area contributed by atoms with Crippen LogP contribution in [0.4, 0.5) is 10.2 Å². The third kappa shape index (κ3) is 3.26. The van der Waals surface area contributed by atoms with Gasteiger partial charge in [0.25, 0.3) is 0 Å². The number of aromatic nitrogens is 1. The van der Waals surface area contributed by atoms with Crippen LogP contribution in [0.1, 0.15) is 49.9 Å². The smallest absolute Gasteiger partial charge is 0.339 e. The summed E-state index contributed by atoms with van der Waals surface area (Å²) in [6, 6.07) is 1.23. The summed E-state index contributed by atoms with van der Waals surface area (Å²) in [5, 5.41) is 12.4. The topological polar surface area (TPSA) is 62.2 Å². The molecular weight excluding hydrogens is 259 g/mol. The number of anilines is 1. The van der Waals surface area contributed by atoms with E-state index in [-0.39, 0.29) is 17.4 Å². The first-order valence-electron chi connectivity index (χ1n) is 7.14. The summed E-state index contributed by atoms with van der Waals surface area (Å²) in [4.78, 5) is 15.1. The second-order valence-corrected chi connectivity index (χ2v) is 5.80. The van der Waals surface area contributed by atoms with Crippen molar-refractivity contribution in [2.75, 3.05) is 5.32 Å². The van der Waals surface area contributed by atoms with Crippen LogP contribution in [0, 0.1) is 17.7 Å². The lowest BCUT2D eigenvalue weighted by atomic mass is 9.78. The van der Waals surface area contributed by atoms with Crippen molar-refractivity contribution in [3.63, 3.8) is 0 Å². The second-order valence-electron chi connectivity index (χ2n) is 5.80. The Kier molecular flexibility index (Phi) is 4.57. The van der Waals surface area contributed by atoms with E-state index in [0.29, 0.717) is 11.8 Å². The fourth-order valence-electron chi connectivity index (χ4n) is 3.03. The lowest BCUT2D eigenvalue weighted by molar-refractivity contribution is 0.0697. The van der Waals surface area contributed by atoms with Crippen LogP contribution in [-0.2, 0) is 0 Å². The van der Waals surface area contributed by atoms with Gasteiger partial charge >= 0.3 is 5.97 Å². The molecule has 2 unspecified atom stereocenters. The molecule has 2 rings (SSSR count). The van der Waals surface area contributed by atoms with E-state index in [1.807, 2.05) is 0 Å². The summed E-state index contributed by atoms with van der Waals surface area (Å²) in [5.74, 6) is -0.483. The summed E-state index contributed by atoms with van der Waals surface area (Å²) in [6.45, 7) is 4.36. The van der Waals surface area contributed by atoms with Crippen LogP contribution < -0.4 is 5.32 Å². The molecular formula is C15H21FN2O2. The number of hydrogen-bond donors (Lipinski definition) is 2. The first kappa shape index (κ1) is 14.8. The average Bonchev–Trinajstić information content (AvgIpc) is 2.41. The van der Waals surface area contributed by atoms with Gasteiger partial charge in [-0.2, -0.15) is 0 Å². The van der Waals surface area contributed by atoms with E-state index in [1.54, 1.807) is 0 Å². The Bertz CT molecular complexity index is 491. The number of carboxylic acids is 1. The zero-order valence-corrected chi connectivity index (χ0v) is 11.9. The van der Waals surface area contributed by atoms with Crippen LogP contribution in [0.3, 0.4) is 0 Å². The minimum Gasteiger partial charge on any atom is -0.478 e. The predicted octanol–water partition coefficient (Wildman–Crippen LogP) is 3.55. The van der Waals surface area contributed by atoms with Gasteiger partial charge in [-0.15, -0.1) is 0 Å². The summed E-state index contributed by atoms with van der Waals surface area (Å²) >= 11 is 0. The minimum absolute atomic E-state index is 0.0990. The Labute approximate surface area is 118 Å². The highest BCUT2D eigenvalue weighted by molar-refractivity contribution is 5.93. The van der Waals surface area contributed by atoms with Crippen LogP contribution in [0.5, 0.6) is 0 Å². The van der Waals surface area contributed by atoms with E-state index >= 15 is 0 Å². The van der Waals surface area contributed by atoms with Crippen molar-refractivity contribution in [3.05, 3.63) is 23.6 Å². The fraction of sp³-hybridized carbons (Fsp3) is 0.600. The van der Waals surface area contributed by atoms with Crippen LogP contribution in [0.15, 0.2) is 12.3 Å².